The molecule has 0 aliphatic heterocycles. The number of hydrogen-bond donors (Lipinski definition) is 1. The summed E-state index contributed by atoms with van der Waals surface area (Å²) in [5.74, 6) is 0.552. The van der Waals surface area contributed by atoms with Crippen LogP contribution >= 0.6 is 0 Å². The summed E-state index contributed by atoms with van der Waals surface area (Å²) in [6, 6.07) is 10.8. The van der Waals surface area contributed by atoms with Gasteiger partial charge >= 0.3 is 0 Å². The molecule has 0 fully saturated rings. The van der Waals surface area contributed by atoms with Gasteiger partial charge in [0.15, 0.2) is 0 Å². The molecular formula is C14H23NO. The first kappa shape index (κ1) is 13.2. The van der Waals surface area contributed by atoms with Crippen molar-refractivity contribution in [3.63, 3.8) is 0 Å². The lowest BCUT2D eigenvalue weighted by molar-refractivity contribution is 0.151. The molecule has 0 saturated heterocycles. The van der Waals surface area contributed by atoms with Crippen LogP contribution in [-0.4, -0.2) is 19.8 Å². The first-order valence-corrected chi connectivity index (χ1v) is 6.00. The van der Waals surface area contributed by atoms with Crippen LogP contribution in [0.5, 0.6) is 0 Å². The number of hydrogen-bond acceptors (Lipinski definition) is 2. The zero-order valence-electron chi connectivity index (χ0n) is 10.4. The van der Waals surface area contributed by atoms with Gasteiger partial charge in [-0.15, -0.1) is 0 Å². The van der Waals surface area contributed by atoms with Crippen LogP contribution < -0.4 is 5.73 Å². The molecule has 16 heavy (non-hydrogen) atoms. The third-order valence-electron chi connectivity index (χ3n) is 2.80. The van der Waals surface area contributed by atoms with E-state index in [2.05, 4.69) is 31.2 Å². The molecule has 0 bridgehead atoms. The fourth-order valence-electron chi connectivity index (χ4n) is 1.98. The molecular weight excluding hydrogens is 198 g/mol. The van der Waals surface area contributed by atoms with Gasteiger partial charge < -0.3 is 10.5 Å². The lowest BCUT2D eigenvalue weighted by Gasteiger charge is -2.16. The Labute approximate surface area is 98.8 Å². The summed E-state index contributed by atoms with van der Waals surface area (Å²) in [5, 5.41) is 0. The second-order valence-corrected chi connectivity index (χ2v) is 4.58. The number of benzene rings is 1. The number of rotatable bonds is 7. The van der Waals surface area contributed by atoms with Crippen molar-refractivity contribution in [3.8, 4) is 0 Å². The molecule has 2 N–H and O–H groups in total. The summed E-state index contributed by atoms with van der Waals surface area (Å²) in [5.41, 5.74) is 7.47. The summed E-state index contributed by atoms with van der Waals surface area (Å²) in [4.78, 5) is 0. The standard InChI is InChI=1S/C14H23NO/c1-12(11-16-2)10-14(15)9-8-13-6-4-3-5-7-13/h3-7,12,14H,8-11,15H2,1-2H3. The molecule has 0 aromatic heterocycles. The predicted molar refractivity (Wildman–Crippen MR) is 68.4 cm³/mol. The van der Waals surface area contributed by atoms with Crippen LogP contribution in [0.3, 0.4) is 0 Å². The fourth-order valence-corrected chi connectivity index (χ4v) is 1.98. The molecule has 2 unspecified atom stereocenters. The van der Waals surface area contributed by atoms with Gasteiger partial charge in [0.05, 0.1) is 0 Å². The molecule has 90 valence electrons. The Bertz CT molecular complexity index is 273. The van der Waals surface area contributed by atoms with E-state index in [1.807, 2.05) is 6.07 Å². The summed E-state index contributed by atoms with van der Waals surface area (Å²) >= 11 is 0. The zero-order chi connectivity index (χ0) is 11.8. The van der Waals surface area contributed by atoms with E-state index in [1.54, 1.807) is 7.11 Å². The van der Waals surface area contributed by atoms with Crippen molar-refractivity contribution in [2.45, 2.75) is 32.2 Å². The number of aryl methyl sites for hydroxylation is 1. The van der Waals surface area contributed by atoms with Crippen LogP contribution in [0, 0.1) is 5.92 Å². The first-order chi connectivity index (χ1) is 7.72. The average Bonchev–Trinajstić information content (AvgIpc) is 2.28. The largest absolute Gasteiger partial charge is 0.384 e. The lowest BCUT2D eigenvalue weighted by Crippen LogP contribution is -2.24. The molecule has 0 amide bonds. The topological polar surface area (TPSA) is 35.2 Å². The second-order valence-electron chi connectivity index (χ2n) is 4.58. The Morgan fingerprint density at radius 3 is 2.56 bits per heavy atom. The van der Waals surface area contributed by atoms with Crippen molar-refractivity contribution in [2.75, 3.05) is 13.7 Å². The maximum Gasteiger partial charge on any atom is 0.0488 e. The SMILES string of the molecule is COCC(C)CC(N)CCc1ccccc1. The minimum Gasteiger partial charge on any atom is -0.384 e. The van der Waals surface area contributed by atoms with Gasteiger partial charge in [0.2, 0.25) is 0 Å². The molecule has 0 heterocycles. The van der Waals surface area contributed by atoms with Crippen molar-refractivity contribution >= 4 is 0 Å². The van der Waals surface area contributed by atoms with Gasteiger partial charge in [-0.05, 0) is 30.7 Å². The van der Waals surface area contributed by atoms with E-state index >= 15 is 0 Å². The van der Waals surface area contributed by atoms with E-state index in [0.29, 0.717) is 5.92 Å². The van der Waals surface area contributed by atoms with Crippen molar-refractivity contribution in [1.29, 1.82) is 0 Å². The zero-order valence-corrected chi connectivity index (χ0v) is 10.4. The predicted octanol–water partition coefficient (Wildman–Crippen LogP) is 2.62. The molecule has 0 aliphatic carbocycles. The van der Waals surface area contributed by atoms with Crippen LogP contribution in [-0.2, 0) is 11.2 Å². The van der Waals surface area contributed by atoms with E-state index < -0.39 is 0 Å². The minimum atomic E-state index is 0.283. The average molecular weight is 221 g/mol. The van der Waals surface area contributed by atoms with Gasteiger partial charge in [-0.1, -0.05) is 37.3 Å². The quantitative estimate of drug-likeness (QED) is 0.768. The Balaban J connectivity index is 2.22. The fraction of sp³-hybridized carbons (Fsp3) is 0.571. The molecule has 0 saturated carbocycles. The Morgan fingerprint density at radius 1 is 1.25 bits per heavy atom. The highest BCUT2D eigenvalue weighted by atomic mass is 16.5. The molecule has 1 aromatic carbocycles. The summed E-state index contributed by atoms with van der Waals surface area (Å²) in [7, 11) is 1.74. The Morgan fingerprint density at radius 2 is 1.94 bits per heavy atom. The van der Waals surface area contributed by atoms with Gasteiger partial charge in [0.1, 0.15) is 0 Å². The maximum absolute atomic E-state index is 6.10. The van der Waals surface area contributed by atoms with E-state index in [1.165, 1.54) is 5.56 Å². The number of ether oxygens (including phenoxy) is 1. The summed E-state index contributed by atoms with van der Waals surface area (Å²) < 4.78 is 5.11. The van der Waals surface area contributed by atoms with E-state index in [-0.39, 0.29) is 6.04 Å². The van der Waals surface area contributed by atoms with Crippen LogP contribution in [0.2, 0.25) is 0 Å². The Hall–Kier alpha value is -0.860. The lowest BCUT2D eigenvalue weighted by atomic mass is 9.97. The van der Waals surface area contributed by atoms with Crippen molar-refractivity contribution in [2.24, 2.45) is 11.7 Å². The van der Waals surface area contributed by atoms with E-state index in [4.69, 9.17) is 10.5 Å². The van der Waals surface area contributed by atoms with Crippen LogP contribution in [0.4, 0.5) is 0 Å². The number of nitrogens with two attached hydrogens (primary N) is 1. The number of methoxy groups -OCH3 is 1. The van der Waals surface area contributed by atoms with Crippen molar-refractivity contribution in [1.82, 2.24) is 0 Å². The monoisotopic (exact) mass is 221 g/mol. The van der Waals surface area contributed by atoms with Crippen LogP contribution in [0.1, 0.15) is 25.3 Å². The second kappa shape index (κ2) is 7.42. The highest BCUT2D eigenvalue weighted by Crippen LogP contribution is 2.10. The van der Waals surface area contributed by atoms with Gasteiger partial charge in [-0.3, -0.25) is 0 Å². The van der Waals surface area contributed by atoms with Crippen LogP contribution in [0.15, 0.2) is 30.3 Å². The highest BCUT2D eigenvalue weighted by Gasteiger charge is 2.08. The normalized spacial score (nSPS) is 14.7. The maximum atomic E-state index is 6.10. The summed E-state index contributed by atoms with van der Waals surface area (Å²) in [6.45, 7) is 2.99. The van der Waals surface area contributed by atoms with Gasteiger partial charge in [-0.2, -0.15) is 0 Å². The van der Waals surface area contributed by atoms with Crippen molar-refractivity contribution < 1.29 is 4.74 Å². The molecule has 0 spiro atoms. The Kier molecular flexibility index (Phi) is 6.12. The minimum absolute atomic E-state index is 0.283. The van der Waals surface area contributed by atoms with Gasteiger partial charge in [0.25, 0.3) is 0 Å². The van der Waals surface area contributed by atoms with Crippen LogP contribution in [0.25, 0.3) is 0 Å². The third-order valence-corrected chi connectivity index (χ3v) is 2.80. The van der Waals surface area contributed by atoms with Gasteiger partial charge in [0, 0.05) is 19.8 Å². The molecule has 0 radical (unpaired) electrons. The molecule has 2 atom stereocenters. The molecule has 0 aliphatic rings. The first-order valence-electron chi connectivity index (χ1n) is 6.00. The molecule has 2 nitrogen and oxygen atoms in total. The summed E-state index contributed by atoms with van der Waals surface area (Å²) in [6.07, 6.45) is 3.17. The van der Waals surface area contributed by atoms with Crippen molar-refractivity contribution in [3.05, 3.63) is 35.9 Å². The molecule has 1 rings (SSSR count). The van der Waals surface area contributed by atoms with E-state index in [9.17, 15) is 0 Å². The smallest absolute Gasteiger partial charge is 0.0488 e. The molecule has 2 heteroatoms. The van der Waals surface area contributed by atoms with Gasteiger partial charge in [-0.25, -0.2) is 0 Å². The third kappa shape index (κ3) is 5.29. The van der Waals surface area contributed by atoms with E-state index in [0.717, 1.165) is 25.9 Å². The molecule has 1 aromatic rings. The highest BCUT2D eigenvalue weighted by molar-refractivity contribution is 5.14.